The fourth-order valence-electron chi connectivity index (χ4n) is 1.73. The van der Waals surface area contributed by atoms with Crippen LogP contribution in [0.15, 0.2) is 18.2 Å². The molecule has 1 heterocycles. The van der Waals surface area contributed by atoms with E-state index in [-0.39, 0.29) is 5.91 Å². The summed E-state index contributed by atoms with van der Waals surface area (Å²) in [5, 5.41) is 6.06. The van der Waals surface area contributed by atoms with Gasteiger partial charge < -0.3 is 15.5 Å². The Hall–Kier alpha value is -1.78. The van der Waals surface area contributed by atoms with Crippen LogP contribution in [0.5, 0.6) is 0 Å². The van der Waals surface area contributed by atoms with Crippen molar-refractivity contribution < 1.29 is 4.79 Å². The molecule has 0 aliphatic carbocycles. The maximum atomic E-state index is 11.6. The van der Waals surface area contributed by atoms with Crippen molar-refractivity contribution in [3.63, 3.8) is 0 Å². The first kappa shape index (κ1) is 15.3. The van der Waals surface area contributed by atoms with Gasteiger partial charge in [-0.3, -0.25) is 4.79 Å². The molecule has 5 heteroatoms. The molecule has 1 aromatic rings. The zero-order valence-corrected chi connectivity index (χ0v) is 12.1. The number of likely N-dealkylation sites (N-methyl/N-ethyl adjacent to an activating group) is 2. The zero-order chi connectivity index (χ0) is 14.1. The molecule has 0 radical (unpaired) electrons. The molecule has 1 aromatic heterocycles. The summed E-state index contributed by atoms with van der Waals surface area (Å²) in [7, 11) is 0. The van der Waals surface area contributed by atoms with Gasteiger partial charge in [-0.15, -0.1) is 0 Å². The molecule has 1 amide bonds. The normalized spacial score (nSPS) is 10.1. The molecule has 5 nitrogen and oxygen atoms in total. The molecule has 0 saturated carbocycles. The molecule has 0 saturated heterocycles. The molecule has 0 aliphatic rings. The second kappa shape index (κ2) is 8.34. The summed E-state index contributed by atoms with van der Waals surface area (Å²) >= 11 is 0. The minimum Gasteiger partial charge on any atom is -0.370 e. The minimum atomic E-state index is 0.0260. The van der Waals surface area contributed by atoms with E-state index >= 15 is 0 Å². The monoisotopic (exact) mass is 264 g/mol. The number of carbonyl (C=O) groups excluding carboxylic acids is 1. The Morgan fingerprint density at radius 3 is 2.74 bits per heavy atom. The molecule has 0 aliphatic heterocycles. The van der Waals surface area contributed by atoms with E-state index in [1.165, 1.54) is 0 Å². The second-order valence-electron chi connectivity index (χ2n) is 4.28. The van der Waals surface area contributed by atoms with Gasteiger partial charge in [-0.1, -0.05) is 13.0 Å². The van der Waals surface area contributed by atoms with Crippen molar-refractivity contribution in [1.29, 1.82) is 0 Å². The van der Waals surface area contributed by atoms with Gasteiger partial charge >= 0.3 is 0 Å². The van der Waals surface area contributed by atoms with Gasteiger partial charge in [0, 0.05) is 19.6 Å². The predicted molar refractivity (Wildman–Crippen MR) is 79.6 cm³/mol. The summed E-state index contributed by atoms with van der Waals surface area (Å²) in [6.07, 6.45) is 1.06. The van der Waals surface area contributed by atoms with Crippen molar-refractivity contribution in [3.05, 3.63) is 18.2 Å². The minimum absolute atomic E-state index is 0.0260. The van der Waals surface area contributed by atoms with Crippen LogP contribution >= 0.6 is 0 Å². The topological polar surface area (TPSA) is 57.3 Å². The molecule has 0 unspecified atom stereocenters. The van der Waals surface area contributed by atoms with E-state index in [2.05, 4.69) is 22.5 Å². The van der Waals surface area contributed by atoms with Crippen molar-refractivity contribution in [1.82, 2.24) is 10.3 Å². The third-order valence-electron chi connectivity index (χ3n) is 2.70. The summed E-state index contributed by atoms with van der Waals surface area (Å²) in [6.45, 7) is 8.70. The van der Waals surface area contributed by atoms with Crippen molar-refractivity contribution in [2.24, 2.45) is 0 Å². The van der Waals surface area contributed by atoms with Gasteiger partial charge in [-0.05, 0) is 32.4 Å². The second-order valence-corrected chi connectivity index (χ2v) is 4.28. The van der Waals surface area contributed by atoms with E-state index in [9.17, 15) is 4.79 Å². The summed E-state index contributed by atoms with van der Waals surface area (Å²) in [5.74, 6) is 1.71. The lowest BCUT2D eigenvalue weighted by atomic mass is 10.3. The number of hydrogen-bond acceptors (Lipinski definition) is 4. The highest BCUT2D eigenvalue weighted by Crippen LogP contribution is 2.13. The number of hydrogen-bond donors (Lipinski definition) is 2. The van der Waals surface area contributed by atoms with Gasteiger partial charge in [0.2, 0.25) is 5.91 Å². The number of rotatable bonds is 8. The van der Waals surface area contributed by atoms with Gasteiger partial charge in [0.1, 0.15) is 11.6 Å². The Morgan fingerprint density at radius 1 is 1.32 bits per heavy atom. The fourth-order valence-corrected chi connectivity index (χ4v) is 1.73. The smallest absolute Gasteiger partial charge is 0.239 e. The first-order valence-corrected chi connectivity index (χ1v) is 6.93. The molecule has 19 heavy (non-hydrogen) atoms. The SMILES string of the molecule is CCCNc1cccc(N(CC)CC(=O)NCC)n1. The van der Waals surface area contributed by atoms with Crippen molar-refractivity contribution in [2.45, 2.75) is 27.2 Å². The lowest BCUT2D eigenvalue weighted by Gasteiger charge is -2.21. The molecule has 106 valence electrons. The molecule has 0 spiro atoms. The van der Waals surface area contributed by atoms with Crippen LogP contribution in [-0.2, 0) is 4.79 Å². The van der Waals surface area contributed by atoms with E-state index in [0.717, 1.165) is 31.1 Å². The van der Waals surface area contributed by atoms with E-state index < -0.39 is 0 Å². The Labute approximate surface area is 115 Å². The van der Waals surface area contributed by atoms with Crippen LogP contribution in [0, 0.1) is 0 Å². The molecule has 0 aromatic carbocycles. The number of amides is 1. The lowest BCUT2D eigenvalue weighted by molar-refractivity contribution is -0.119. The lowest BCUT2D eigenvalue weighted by Crippen LogP contribution is -2.37. The highest BCUT2D eigenvalue weighted by Gasteiger charge is 2.10. The maximum absolute atomic E-state index is 11.6. The number of nitrogens with one attached hydrogen (secondary N) is 2. The van der Waals surface area contributed by atoms with Crippen LogP contribution in [0.2, 0.25) is 0 Å². The molecular formula is C14H24N4O. The van der Waals surface area contributed by atoms with Crippen molar-refractivity contribution >= 4 is 17.5 Å². The van der Waals surface area contributed by atoms with Crippen LogP contribution in [-0.4, -0.2) is 37.1 Å². The number of carbonyl (C=O) groups is 1. The summed E-state index contributed by atoms with van der Waals surface area (Å²) < 4.78 is 0. The van der Waals surface area contributed by atoms with Crippen molar-refractivity contribution in [2.75, 3.05) is 36.4 Å². The fraction of sp³-hybridized carbons (Fsp3) is 0.571. The molecule has 0 fully saturated rings. The third-order valence-corrected chi connectivity index (χ3v) is 2.70. The van der Waals surface area contributed by atoms with Crippen LogP contribution in [0.25, 0.3) is 0 Å². The molecule has 0 bridgehead atoms. The van der Waals surface area contributed by atoms with Crippen LogP contribution < -0.4 is 15.5 Å². The molecule has 1 rings (SSSR count). The Balaban J connectivity index is 2.71. The van der Waals surface area contributed by atoms with E-state index in [0.29, 0.717) is 13.1 Å². The van der Waals surface area contributed by atoms with Gasteiger partial charge in [-0.2, -0.15) is 0 Å². The number of nitrogens with zero attached hydrogens (tertiary/aromatic N) is 2. The zero-order valence-electron chi connectivity index (χ0n) is 12.1. The summed E-state index contributed by atoms with van der Waals surface area (Å²) in [4.78, 5) is 18.1. The Bertz CT molecular complexity index is 395. The summed E-state index contributed by atoms with van der Waals surface area (Å²) in [6, 6.07) is 5.83. The number of anilines is 2. The van der Waals surface area contributed by atoms with Gasteiger partial charge in [-0.25, -0.2) is 4.98 Å². The molecule has 2 N–H and O–H groups in total. The quantitative estimate of drug-likeness (QED) is 0.752. The van der Waals surface area contributed by atoms with Crippen LogP contribution in [0.1, 0.15) is 27.2 Å². The highest BCUT2D eigenvalue weighted by molar-refractivity contribution is 5.81. The average molecular weight is 264 g/mol. The largest absolute Gasteiger partial charge is 0.370 e. The van der Waals surface area contributed by atoms with Crippen molar-refractivity contribution in [3.8, 4) is 0 Å². The molecule has 0 atom stereocenters. The standard InChI is InChI=1S/C14H24N4O/c1-4-10-16-12-8-7-9-13(17-12)18(6-3)11-14(19)15-5-2/h7-9H,4-6,10-11H2,1-3H3,(H,15,19)(H,16,17). The van der Waals surface area contributed by atoms with Crippen LogP contribution in [0.4, 0.5) is 11.6 Å². The van der Waals surface area contributed by atoms with E-state index in [4.69, 9.17) is 0 Å². The Kier molecular flexibility index (Phi) is 6.71. The van der Waals surface area contributed by atoms with E-state index in [1.54, 1.807) is 0 Å². The van der Waals surface area contributed by atoms with Gasteiger partial charge in [0.05, 0.1) is 6.54 Å². The average Bonchev–Trinajstić information content (AvgIpc) is 2.43. The number of pyridine rings is 1. The first-order valence-electron chi connectivity index (χ1n) is 6.93. The Morgan fingerprint density at radius 2 is 2.11 bits per heavy atom. The summed E-state index contributed by atoms with van der Waals surface area (Å²) in [5.41, 5.74) is 0. The third kappa shape index (κ3) is 5.16. The van der Waals surface area contributed by atoms with Crippen LogP contribution in [0.3, 0.4) is 0 Å². The first-order chi connectivity index (χ1) is 9.21. The predicted octanol–water partition coefficient (Wildman–Crippen LogP) is 1.87. The highest BCUT2D eigenvalue weighted by atomic mass is 16.2. The van der Waals surface area contributed by atoms with E-state index in [1.807, 2.05) is 36.9 Å². The van der Waals surface area contributed by atoms with Gasteiger partial charge in [0.15, 0.2) is 0 Å². The number of aromatic nitrogens is 1. The molecular weight excluding hydrogens is 240 g/mol. The van der Waals surface area contributed by atoms with Gasteiger partial charge in [0.25, 0.3) is 0 Å². The maximum Gasteiger partial charge on any atom is 0.239 e.